The van der Waals surface area contributed by atoms with E-state index >= 15 is 0 Å². The highest BCUT2D eigenvalue weighted by atomic mass is 32.1. The Labute approximate surface area is 144 Å². The summed E-state index contributed by atoms with van der Waals surface area (Å²) in [5, 5.41) is 3.41. The zero-order valence-corrected chi connectivity index (χ0v) is 15.0. The molecule has 1 aromatic heterocycles. The number of fused-ring (bicyclic) bond motifs is 1. The second-order valence-electron chi connectivity index (χ2n) is 6.45. The van der Waals surface area contributed by atoms with Gasteiger partial charge in [-0.15, -0.1) is 11.3 Å². The first-order valence-electron chi connectivity index (χ1n) is 7.92. The number of urea groups is 1. The zero-order valence-electron chi connectivity index (χ0n) is 14.1. The summed E-state index contributed by atoms with van der Waals surface area (Å²) in [5.74, 6) is -0.428. The predicted molar refractivity (Wildman–Crippen MR) is 89.6 cm³/mol. The summed E-state index contributed by atoms with van der Waals surface area (Å²) in [6.45, 7) is 6.55. The van der Waals surface area contributed by atoms with Crippen LogP contribution in [-0.2, 0) is 27.2 Å². The van der Waals surface area contributed by atoms with Gasteiger partial charge in [-0.2, -0.15) is 0 Å². The highest BCUT2D eigenvalue weighted by Gasteiger charge is 2.34. The highest BCUT2D eigenvalue weighted by molar-refractivity contribution is 7.17. The van der Waals surface area contributed by atoms with E-state index in [2.05, 4.69) is 5.32 Å². The average Bonchev–Trinajstić information content (AvgIpc) is 2.90. The topological polar surface area (TPSA) is 77.1 Å². The van der Waals surface area contributed by atoms with Gasteiger partial charge in [0.2, 0.25) is 0 Å². The van der Waals surface area contributed by atoms with Crippen LogP contribution in [0.5, 0.6) is 0 Å². The van der Waals surface area contributed by atoms with E-state index in [0.29, 0.717) is 49.9 Å². The van der Waals surface area contributed by atoms with Crippen LogP contribution in [-0.4, -0.2) is 55.9 Å². The Morgan fingerprint density at radius 2 is 2.00 bits per heavy atom. The van der Waals surface area contributed by atoms with Gasteiger partial charge in [0.05, 0.1) is 38.1 Å². The number of esters is 1. The van der Waals surface area contributed by atoms with Crippen molar-refractivity contribution in [3.8, 4) is 0 Å². The van der Waals surface area contributed by atoms with Crippen molar-refractivity contribution in [2.75, 3.05) is 38.7 Å². The van der Waals surface area contributed by atoms with Gasteiger partial charge in [-0.25, -0.2) is 9.59 Å². The molecule has 24 heavy (non-hydrogen) atoms. The van der Waals surface area contributed by atoms with E-state index in [4.69, 9.17) is 14.2 Å². The molecular weight excluding hydrogens is 332 g/mol. The first-order chi connectivity index (χ1) is 11.4. The van der Waals surface area contributed by atoms with Crippen LogP contribution in [0.3, 0.4) is 0 Å². The van der Waals surface area contributed by atoms with Gasteiger partial charge in [0.25, 0.3) is 0 Å². The van der Waals surface area contributed by atoms with Gasteiger partial charge in [0.1, 0.15) is 5.00 Å². The van der Waals surface area contributed by atoms with Gasteiger partial charge in [-0.1, -0.05) is 0 Å². The lowest BCUT2D eigenvalue weighted by molar-refractivity contribution is -0.0384. The SMILES string of the molecule is COC(=O)c1c(NC(=O)N2CCOCC2)sc2c1CC(C)(C)OC2. The van der Waals surface area contributed by atoms with E-state index < -0.39 is 5.97 Å². The third kappa shape index (κ3) is 3.40. The number of hydrogen-bond donors (Lipinski definition) is 1. The number of rotatable bonds is 2. The van der Waals surface area contributed by atoms with E-state index in [-0.39, 0.29) is 11.6 Å². The lowest BCUT2D eigenvalue weighted by Crippen LogP contribution is -2.43. The van der Waals surface area contributed by atoms with Crippen molar-refractivity contribution in [2.45, 2.75) is 32.5 Å². The lowest BCUT2D eigenvalue weighted by Gasteiger charge is -2.30. The molecule has 2 aliphatic heterocycles. The molecule has 2 aliphatic rings. The van der Waals surface area contributed by atoms with E-state index in [9.17, 15) is 9.59 Å². The number of amides is 2. The third-order valence-electron chi connectivity index (χ3n) is 4.20. The van der Waals surface area contributed by atoms with Gasteiger partial charge in [-0.3, -0.25) is 5.32 Å². The maximum atomic E-state index is 12.5. The predicted octanol–water partition coefficient (Wildman–Crippen LogP) is 2.25. The summed E-state index contributed by atoms with van der Waals surface area (Å²) < 4.78 is 16.0. The van der Waals surface area contributed by atoms with E-state index in [1.165, 1.54) is 18.4 Å². The van der Waals surface area contributed by atoms with Gasteiger partial charge in [-0.05, 0) is 19.4 Å². The van der Waals surface area contributed by atoms with Crippen molar-refractivity contribution >= 4 is 28.3 Å². The average molecular weight is 354 g/mol. The number of hydrogen-bond acceptors (Lipinski definition) is 6. The summed E-state index contributed by atoms with van der Waals surface area (Å²) in [6, 6.07) is -0.220. The van der Waals surface area contributed by atoms with Crippen molar-refractivity contribution in [1.29, 1.82) is 0 Å². The molecule has 0 saturated carbocycles. The van der Waals surface area contributed by atoms with Crippen LogP contribution in [0.4, 0.5) is 9.80 Å². The lowest BCUT2D eigenvalue weighted by atomic mass is 9.93. The Kier molecular flexibility index (Phi) is 4.80. The first-order valence-corrected chi connectivity index (χ1v) is 8.73. The molecule has 0 bridgehead atoms. The maximum Gasteiger partial charge on any atom is 0.341 e. The number of nitrogens with zero attached hydrogens (tertiary/aromatic N) is 1. The quantitative estimate of drug-likeness (QED) is 0.825. The number of carbonyl (C=O) groups excluding carboxylic acids is 2. The number of carbonyl (C=O) groups is 2. The number of morpholine rings is 1. The second kappa shape index (κ2) is 6.70. The van der Waals surface area contributed by atoms with Crippen LogP contribution in [0, 0.1) is 0 Å². The molecule has 0 aromatic carbocycles. The fraction of sp³-hybridized carbons (Fsp3) is 0.625. The molecule has 0 radical (unpaired) electrons. The summed E-state index contributed by atoms with van der Waals surface area (Å²) in [6.07, 6.45) is 0.608. The number of methoxy groups -OCH3 is 1. The number of ether oxygens (including phenoxy) is 3. The fourth-order valence-corrected chi connectivity index (χ4v) is 4.01. The molecule has 132 valence electrons. The first kappa shape index (κ1) is 17.2. The highest BCUT2D eigenvalue weighted by Crippen LogP contribution is 2.40. The minimum absolute atomic E-state index is 0.220. The molecule has 7 nitrogen and oxygen atoms in total. The van der Waals surface area contributed by atoms with Crippen LogP contribution < -0.4 is 5.32 Å². The Morgan fingerprint density at radius 1 is 1.29 bits per heavy atom. The number of nitrogens with one attached hydrogen (secondary N) is 1. The number of anilines is 1. The minimum Gasteiger partial charge on any atom is -0.465 e. The molecule has 0 atom stereocenters. The molecule has 1 aromatic rings. The largest absolute Gasteiger partial charge is 0.465 e. The Morgan fingerprint density at radius 3 is 2.67 bits per heavy atom. The summed E-state index contributed by atoms with van der Waals surface area (Å²) >= 11 is 1.38. The Balaban J connectivity index is 1.88. The van der Waals surface area contributed by atoms with Crippen LogP contribution in [0.1, 0.15) is 34.6 Å². The van der Waals surface area contributed by atoms with E-state index in [1.807, 2.05) is 13.8 Å². The zero-order chi connectivity index (χ0) is 17.3. The van der Waals surface area contributed by atoms with Crippen molar-refractivity contribution in [2.24, 2.45) is 0 Å². The normalized spacial score (nSPS) is 19.5. The van der Waals surface area contributed by atoms with Crippen molar-refractivity contribution in [1.82, 2.24) is 4.90 Å². The monoisotopic (exact) mass is 354 g/mol. The van der Waals surface area contributed by atoms with Crippen LogP contribution in [0.15, 0.2) is 0 Å². The molecule has 3 heterocycles. The molecule has 0 aliphatic carbocycles. The summed E-state index contributed by atoms with van der Waals surface area (Å²) in [7, 11) is 1.35. The third-order valence-corrected chi connectivity index (χ3v) is 5.32. The van der Waals surface area contributed by atoms with Crippen LogP contribution >= 0.6 is 11.3 Å². The van der Waals surface area contributed by atoms with Crippen molar-refractivity contribution in [3.05, 3.63) is 16.0 Å². The standard InChI is InChI=1S/C16H22N2O5S/c1-16(2)8-10-11(9-23-16)24-13(12(10)14(19)21-3)17-15(20)18-4-6-22-7-5-18/h4-9H2,1-3H3,(H,17,20). The van der Waals surface area contributed by atoms with Gasteiger partial charge in [0, 0.05) is 24.4 Å². The molecule has 1 N–H and O–H groups in total. The van der Waals surface area contributed by atoms with E-state index in [0.717, 1.165) is 10.4 Å². The molecule has 8 heteroatoms. The fourth-order valence-electron chi connectivity index (χ4n) is 2.90. The smallest absolute Gasteiger partial charge is 0.341 e. The molecule has 3 rings (SSSR count). The second-order valence-corrected chi connectivity index (χ2v) is 7.56. The summed E-state index contributed by atoms with van der Waals surface area (Å²) in [5.41, 5.74) is 1.03. The molecule has 1 fully saturated rings. The Hall–Kier alpha value is -1.64. The van der Waals surface area contributed by atoms with Crippen LogP contribution in [0.2, 0.25) is 0 Å². The molecule has 1 saturated heterocycles. The molecule has 0 spiro atoms. The van der Waals surface area contributed by atoms with Gasteiger partial charge < -0.3 is 19.1 Å². The summed E-state index contributed by atoms with van der Waals surface area (Å²) in [4.78, 5) is 27.4. The molecule has 2 amide bonds. The number of thiophene rings is 1. The van der Waals surface area contributed by atoms with Gasteiger partial charge in [0.15, 0.2) is 0 Å². The molecular formula is C16H22N2O5S. The van der Waals surface area contributed by atoms with Gasteiger partial charge >= 0.3 is 12.0 Å². The Bertz CT molecular complexity index is 649. The van der Waals surface area contributed by atoms with Crippen molar-refractivity contribution in [3.63, 3.8) is 0 Å². The molecule has 0 unspecified atom stereocenters. The maximum absolute atomic E-state index is 12.5. The van der Waals surface area contributed by atoms with Crippen molar-refractivity contribution < 1.29 is 23.8 Å². The van der Waals surface area contributed by atoms with E-state index in [1.54, 1.807) is 4.90 Å². The van der Waals surface area contributed by atoms with Crippen LogP contribution in [0.25, 0.3) is 0 Å². The minimum atomic E-state index is -0.428.